The van der Waals surface area contributed by atoms with Gasteiger partial charge in [-0.1, -0.05) is 13.8 Å². The molecule has 0 aliphatic carbocycles. The largest absolute Gasteiger partial charge is 0.515 e. The Morgan fingerprint density at radius 2 is 1.30 bits per heavy atom. The summed E-state index contributed by atoms with van der Waals surface area (Å²) in [5.41, 5.74) is 14.7. The van der Waals surface area contributed by atoms with Crippen LogP contribution < -0.4 is 0 Å². The number of rotatable bonds is 8. The van der Waals surface area contributed by atoms with Crippen LogP contribution in [0.2, 0.25) is 0 Å². The molecule has 4 aliphatic rings. The molecule has 0 radical (unpaired) electrons. The standard InChI is InChI=1S/C37H42N4O5.Ni/c1-9-23-19(3)28-16-31-24(10-2)21(5)36(40-31)27(18-42)37-22(6)26(12-14-35(44)46-8)33(41-37)17-32-25(11-13-34(43)45-7)20(4)29(39-32)15-30(23)38-28;/h15-18,38,42H,9-14H2,1-8H3;. The first kappa shape index (κ1) is 35.6. The zero-order valence-electron chi connectivity index (χ0n) is 28.3. The molecule has 0 spiro atoms. The van der Waals surface area contributed by atoms with Crippen LogP contribution in [0.4, 0.5) is 0 Å². The number of nitrogens with one attached hydrogen (secondary N) is 1. The Morgan fingerprint density at radius 3 is 1.85 bits per heavy atom. The van der Waals surface area contributed by atoms with Gasteiger partial charge in [0.25, 0.3) is 0 Å². The van der Waals surface area contributed by atoms with Gasteiger partial charge in [-0.3, -0.25) is 9.59 Å². The van der Waals surface area contributed by atoms with Crippen molar-refractivity contribution in [2.75, 3.05) is 14.2 Å². The predicted molar refractivity (Wildman–Crippen MR) is 183 cm³/mol. The number of hydrogen-bond donors (Lipinski definition) is 2. The summed E-state index contributed by atoms with van der Waals surface area (Å²) in [5.74, 6) is -0.621. The number of aromatic amines is 1. The number of carbonyl (C=O) groups is 2. The second-order valence-electron chi connectivity index (χ2n) is 11.8. The molecule has 5 heterocycles. The van der Waals surface area contributed by atoms with Crippen molar-refractivity contribution in [2.45, 2.75) is 80.1 Å². The first-order chi connectivity index (χ1) is 22.1. The van der Waals surface area contributed by atoms with Crippen molar-refractivity contribution in [2.24, 2.45) is 15.0 Å². The molecule has 9 nitrogen and oxygen atoms in total. The van der Waals surface area contributed by atoms with E-state index in [4.69, 9.17) is 24.5 Å². The van der Waals surface area contributed by atoms with Crippen LogP contribution in [0.25, 0.3) is 12.2 Å². The van der Waals surface area contributed by atoms with Crippen molar-refractivity contribution in [3.05, 3.63) is 91.0 Å². The number of H-pyrrole nitrogens is 1. The maximum absolute atomic E-state index is 12.2. The predicted octanol–water partition coefficient (Wildman–Crippen LogP) is 7.53. The van der Waals surface area contributed by atoms with Gasteiger partial charge in [0.1, 0.15) is 0 Å². The monoisotopic (exact) mass is 680 g/mol. The molecule has 1 aromatic rings. The minimum absolute atomic E-state index is 0. The fourth-order valence-corrected chi connectivity index (χ4v) is 6.64. The van der Waals surface area contributed by atoms with Crippen LogP contribution in [0.5, 0.6) is 0 Å². The number of hydrogen-bond acceptors (Lipinski definition) is 8. The maximum atomic E-state index is 12.2. The number of carbonyl (C=O) groups excluding carboxylic acids is 2. The number of aromatic nitrogens is 1. The molecule has 250 valence electrons. The molecule has 0 saturated heterocycles. The maximum Gasteiger partial charge on any atom is 0.305 e. The van der Waals surface area contributed by atoms with E-state index in [9.17, 15) is 14.7 Å². The number of aliphatic imine (C=N–C) groups is 3. The summed E-state index contributed by atoms with van der Waals surface area (Å²) in [6, 6.07) is 0. The number of ether oxygens (including phenoxy) is 2. The minimum Gasteiger partial charge on any atom is -0.515 e. The fourth-order valence-electron chi connectivity index (χ4n) is 6.64. The molecule has 1 aromatic heterocycles. The second kappa shape index (κ2) is 14.6. The Hall–Kier alpha value is -4.30. The topological polar surface area (TPSA) is 126 Å². The Kier molecular flexibility index (Phi) is 11.1. The minimum atomic E-state index is -0.323. The summed E-state index contributed by atoms with van der Waals surface area (Å²) in [7, 11) is 2.76. The Balaban J connectivity index is 0.00000500. The molecule has 0 fully saturated rings. The van der Waals surface area contributed by atoms with E-state index in [-0.39, 0.29) is 41.3 Å². The molecular weight excluding hydrogens is 639 g/mol. The fraction of sp³-hybridized carbons (Fsp3) is 0.378. The van der Waals surface area contributed by atoms with Gasteiger partial charge in [-0.2, -0.15) is 0 Å². The molecule has 8 bridgehead atoms. The average Bonchev–Trinajstić information content (AvgIpc) is 3.72. The van der Waals surface area contributed by atoms with Crippen LogP contribution in [0.3, 0.4) is 0 Å². The van der Waals surface area contributed by atoms with E-state index < -0.39 is 0 Å². The molecule has 0 aromatic carbocycles. The molecular formula is C37H42N4NiO5. The van der Waals surface area contributed by atoms with E-state index in [1.54, 1.807) is 0 Å². The van der Waals surface area contributed by atoms with E-state index >= 15 is 0 Å². The van der Waals surface area contributed by atoms with Crippen LogP contribution in [-0.4, -0.2) is 53.4 Å². The summed E-state index contributed by atoms with van der Waals surface area (Å²) >= 11 is 0. The average molecular weight is 681 g/mol. The third-order valence-electron chi connectivity index (χ3n) is 9.33. The number of esters is 2. The van der Waals surface area contributed by atoms with Gasteiger partial charge in [0, 0.05) is 40.7 Å². The Labute approximate surface area is 286 Å². The van der Waals surface area contributed by atoms with Crippen LogP contribution in [0.1, 0.15) is 89.2 Å². The molecule has 0 saturated carbocycles. The van der Waals surface area contributed by atoms with Crippen LogP contribution in [0.15, 0.2) is 83.4 Å². The Morgan fingerprint density at radius 1 is 0.745 bits per heavy atom. The van der Waals surface area contributed by atoms with Gasteiger partial charge in [0.15, 0.2) is 0 Å². The van der Waals surface area contributed by atoms with Gasteiger partial charge < -0.3 is 19.6 Å². The molecule has 10 heteroatoms. The number of allylic oxidation sites excluding steroid dienone is 8. The van der Waals surface area contributed by atoms with Crippen LogP contribution in [-0.2, 0) is 42.0 Å². The van der Waals surface area contributed by atoms with Gasteiger partial charge >= 0.3 is 11.9 Å². The normalized spacial score (nSPS) is 18.1. The van der Waals surface area contributed by atoms with Crippen molar-refractivity contribution >= 4 is 41.2 Å². The van der Waals surface area contributed by atoms with Crippen LogP contribution >= 0.6 is 0 Å². The van der Waals surface area contributed by atoms with E-state index in [1.807, 2.05) is 26.8 Å². The number of nitrogens with zero attached hydrogens (tertiary/aromatic N) is 3. The van der Waals surface area contributed by atoms with Crippen LogP contribution in [0, 0.1) is 6.92 Å². The number of aliphatic hydroxyl groups is 1. The number of methoxy groups -OCH3 is 2. The van der Waals surface area contributed by atoms with Gasteiger partial charge in [-0.25, -0.2) is 15.0 Å². The van der Waals surface area contributed by atoms with Gasteiger partial charge in [-0.15, -0.1) is 0 Å². The summed E-state index contributed by atoms with van der Waals surface area (Å²) in [6.45, 7) is 12.4. The van der Waals surface area contributed by atoms with Gasteiger partial charge in [0.05, 0.1) is 60.3 Å². The molecule has 0 unspecified atom stereocenters. The van der Waals surface area contributed by atoms with E-state index in [1.165, 1.54) is 19.8 Å². The summed E-state index contributed by atoms with van der Waals surface area (Å²) in [4.78, 5) is 43.3. The Bertz CT molecular complexity index is 1850. The van der Waals surface area contributed by atoms with Crippen molar-refractivity contribution in [1.82, 2.24) is 4.98 Å². The zero-order chi connectivity index (χ0) is 33.3. The second-order valence-corrected chi connectivity index (χ2v) is 11.8. The van der Waals surface area contributed by atoms with Crippen molar-refractivity contribution in [3.8, 4) is 0 Å². The number of aliphatic hydroxyl groups excluding tert-OH is 1. The van der Waals surface area contributed by atoms with Gasteiger partial charge in [0.2, 0.25) is 0 Å². The third kappa shape index (κ3) is 6.61. The molecule has 47 heavy (non-hydrogen) atoms. The molecule has 5 rings (SSSR count). The van der Waals surface area contributed by atoms with E-state index in [2.05, 4.69) is 37.9 Å². The van der Waals surface area contributed by atoms with Crippen molar-refractivity contribution < 1.29 is 40.7 Å². The summed E-state index contributed by atoms with van der Waals surface area (Å²) in [6.07, 6.45) is 9.99. The van der Waals surface area contributed by atoms with Gasteiger partial charge in [-0.05, 0) is 116 Å². The third-order valence-corrected chi connectivity index (χ3v) is 9.33. The molecule has 0 atom stereocenters. The van der Waals surface area contributed by atoms with Crippen molar-refractivity contribution in [3.63, 3.8) is 0 Å². The quantitative estimate of drug-likeness (QED) is 0.167. The van der Waals surface area contributed by atoms with Crippen molar-refractivity contribution in [1.29, 1.82) is 0 Å². The van der Waals surface area contributed by atoms with E-state index in [0.29, 0.717) is 41.2 Å². The first-order valence-corrected chi connectivity index (χ1v) is 15.8. The number of fused-ring (bicyclic) bond motifs is 5. The molecule has 0 amide bonds. The molecule has 2 N–H and O–H groups in total. The summed E-state index contributed by atoms with van der Waals surface area (Å²) in [5, 5.41) is 10.7. The first-order valence-electron chi connectivity index (χ1n) is 15.8. The van der Waals surface area contributed by atoms with E-state index in [0.717, 1.165) is 80.9 Å². The summed E-state index contributed by atoms with van der Waals surface area (Å²) < 4.78 is 9.90. The SMILES string of the molecule is CCC1=C(C)C2=NC1=Cc1[nH]c(c(CC)c1C)C=C1N=C(C=C3N=C(C2=CO)C(C)=C3CCC(=O)OC)C(CCC(=O)OC)=C1C.[Ni]. The molecule has 4 aliphatic heterocycles. The zero-order valence-corrected chi connectivity index (χ0v) is 29.3. The smallest absolute Gasteiger partial charge is 0.305 e.